The highest BCUT2D eigenvalue weighted by atomic mass is 35.5. The molecule has 2 aromatic carbocycles. The molecule has 0 amide bonds. The molecule has 0 spiro atoms. The van der Waals surface area contributed by atoms with E-state index in [4.69, 9.17) is 35.9 Å². The first-order valence-corrected chi connectivity index (χ1v) is 13.3. The van der Waals surface area contributed by atoms with E-state index < -0.39 is 6.04 Å². The van der Waals surface area contributed by atoms with Crippen molar-refractivity contribution in [1.29, 1.82) is 0 Å². The zero-order valence-electron chi connectivity index (χ0n) is 21.4. The number of aromatic nitrogens is 3. The van der Waals surface area contributed by atoms with Crippen LogP contribution in [0.4, 0.5) is 5.95 Å². The molecular formula is C27H29ClN4O4S. The van der Waals surface area contributed by atoms with Crippen LogP contribution < -0.4 is 19.5 Å². The Balaban J connectivity index is 1.61. The van der Waals surface area contributed by atoms with Crippen LogP contribution in [0.3, 0.4) is 0 Å². The second kappa shape index (κ2) is 9.95. The molecule has 3 aromatic rings. The smallest absolute Gasteiger partial charge is 0.227 e. The molecule has 2 aliphatic rings. The quantitative estimate of drug-likeness (QED) is 0.370. The van der Waals surface area contributed by atoms with Crippen molar-refractivity contribution in [2.24, 2.45) is 5.41 Å². The van der Waals surface area contributed by atoms with Crippen molar-refractivity contribution in [3.63, 3.8) is 0 Å². The number of rotatable bonds is 7. The Morgan fingerprint density at radius 1 is 1.11 bits per heavy atom. The molecule has 37 heavy (non-hydrogen) atoms. The van der Waals surface area contributed by atoms with Gasteiger partial charge >= 0.3 is 0 Å². The summed E-state index contributed by atoms with van der Waals surface area (Å²) in [5.41, 5.74) is 3.21. The second-order valence-electron chi connectivity index (χ2n) is 9.86. The first-order chi connectivity index (χ1) is 17.7. The van der Waals surface area contributed by atoms with Crippen LogP contribution in [0.1, 0.15) is 43.9 Å². The highest BCUT2D eigenvalue weighted by Gasteiger charge is 2.42. The summed E-state index contributed by atoms with van der Waals surface area (Å²) in [6, 6.07) is 11.0. The number of allylic oxidation sites excluding steroid dienone is 2. The van der Waals surface area contributed by atoms with Gasteiger partial charge in [-0.25, -0.2) is 4.68 Å². The fourth-order valence-corrected chi connectivity index (χ4v) is 6.09. The van der Waals surface area contributed by atoms with Gasteiger partial charge in [0, 0.05) is 28.5 Å². The molecule has 1 aliphatic carbocycles. The Kier molecular flexibility index (Phi) is 6.85. The molecule has 5 rings (SSSR count). The van der Waals surface area contributed by atoms with Gasteiger partial charge in [0.05, 0.1) is 21.3 Å². The number of ketones is 1. The molecule has 0 radical (unpaired) electrons. The van der Waals surface area contributed by atoms with Gasteiger partial charge in [0.2, 0.25) is 16.9 Å². The summed E-state index contributed by atoms with van der Waals surface area (Å²) < 4.78 is 18.5. The van der Waals surface area contributed by atoms with Crippen molar-refractivity contribution in [2.45, 2.75) is 43.6 Å². The van der Waals surface area contributed by atoms with E-state index >= 15 is 0 Å². The molecule has 0 bridgehead atoms. The molecule has 8 nitrogen and oxygen atoms in total. The van der Waals surface area contributed by atoms with Gasteiger partial charge in [-0.3, -0.25) is 4.79 Å². The number of nitrogens with one attached hydrogen (secondary N) is 1. The molecule has 10 heteroatoms. The molecule has 0 saturated carbocycles. The minimum Gasteiger partial charge on any atom is -0.493 e. The number of carbonyl (C=O) groups excluding carboxylic acids is 1. The normalized spacial score (nSPS) is 18.1. The highest BCUT2D eigenvalue weighted by Crippen LogP contribution is 2.48. The third-order valence-electron chi connectivity index (χ3n) is 6.63. The average molecular weight is 541 g/mol. The van der Waals surface area contributed by atoms with Gasteiger partial charge in [0.1, 0.15) is 6.04 Å². The zero-order valence-corrected chi connectivity index (χ0v) is 23.0. The summed E-state index contributed by atoms with van der Waals surface area (Å²) in [7, 11) is 4.72. The third kappa shape index (κ3) is 4.78. The van der Waals surface area contributed by atoms with Gasteiger partial charge in [-0.05, 0) is 41.2 Å². The van der Waals surface area contributed by atoms with Crippen LogP contribution in [0, 0.1) is 5.41 Å². The predicted molar refractivity (Wildman–Crippen MR) is 144 cm³/mol. The lowest BCUT2D eigenvalue weighted by Gasteiger charge is -2.38. The maximum atomic E-state index is 13.6. The van der Waals surface area contributed by atoms with Crippen LogP contribution in [0.25, 0.3) is 0 Å². The lowest BCUT2D eigenvalue weighted by atomic mass is 9.73. The Bertz CT molecular complexity index is 1380. The average Bonchev–Trinajstić information content (AvgIpc) is 3.27. The first-order valence-electron chi connectivity index (χ1n) is 11.9. The second-order valence-corrected chi connectivity index (χ2v) is 11.2. The molecule has 1 unspecified atom stereocenters. The van der Waals surface area contributed by atoms with E-state index in [1.165, 1.54) is 11.8 Å². The van der Waals surface area contributed by atoms with Gasteiger partial charge < -0.3 is 19.5 Å². The van der Waals surface area contributed by atoms with Crippen molar-refractivity contribution in [3.05, 3.63) is 63.8 Å². The minimum absolute atomic E-state index is 0.0870. The van der Waals surface area contributed by atoms with E-state index in [0.717, 1.165) is 23.2 Å². The largest absolute Gasteiger partial charge is 0.493 e. The number of hydrogen-bond donors (Lipinski definition) is 1. The van der Waals surface area contributed by atoms with Crippen molar-refractivity contribution in [1.82, 2.24) is 14.8 Å². The van der Waals surface area contributed by atoms with Crippen LogP contribution in [0.15, 0.2) is 52.8 Å². The number of carbonyl (C=O) groups is 1. The Hall–Kier alpha value is -3.17. The summed E-state index contributed by atoms with van der Waals surface area (Å²) in [6.07, 6.45) is 1.18. The summed E-state index contributed by atoms with van der Waals surface area (Å²) >= 11 is 7.85. The Labute approximate surface area is 225 Å². The molecule has 194 valence electrons. The van der Waals surface area contributed by atoms with Gasteiger partial charge in [0.15, 0.2) is 17.3 Å². The molecule has 2 heterocycles. The SMILES string of the molecule is COc1cc(C2C3=C(CC(C)(C)CC3=O)Nc3nc(SCc4ccccc4Cl)nn32)cc(OC)c1OC. The van der Waals surface area contributed by atoms with Crippen molar-refractivity contribution in [3.8, 4) is 17.2 Å². The van der Waals surface area contributed by atoms with Gasteiger partial charge in [-0.1, -0.05) is 55.4 Å². The lowest BCUT2D eigenvalue weighted by molar-refractivity contribution is -0.118. The number of halogens is 1. The number of anilines is 1. The third-order valence-corrected chi connectivity index (χ3v) is 7.89. The van der Waals surface area contributed by atoms with Crippen LogP contribution in [0.5, 0.6) is 17.2 Å². The highest BCUT2D eigenvalue weighted by molar-refractivity contribution is 7.98. The van der Waals surface area contributed by atoms with E-state index in [9.17, 15) is 4.79 Å². The van der Waals surface area contributed by atoms with E-state index in [1.54, 1.807) is 26.0 Å². The molecule has 0 fully saturated rings. The molecule has 1 atom stereocenters. The molecule has 0 saturated heterocycles. The molecule has 1 aromatic heterocycles. The molecular weight excluding hydrogens is 512 g/mol. The number of hydrogen-bond acceptors (Lipinski definition) is 8. The summed E-state index contributed by atoms with van der Waals surface area (Å²) in [6.45, 7) is 4.21. The number of ether oxygens (including phenoxy) is 3. The standard InChI is InChI=1S/C27H29ClN4O4S/c1-27(2)12-18-22(19(33)13-27)23(16-10-20(34-3)24(36-5)21(11-16)35-4)32-25(29-18)30-26(31-32)37-14-15-8-6-7-9-17(15)28/h6-11,23H,12-14H2,1-5H3,(H,29,30,31). The van der Waals surface area contributed by atoms with E-state index in [2.05, 4.69) is 19.2 Å². The summed E-state index contributed by atoms with van der Waals surface area (Å²) in [4.78, 5) is 18.3. The number of methoxy groups -OCH3 is 3. The van der Waals surface area contributed by atoms with Crippen molar-refractivity contribution >= 4 is 35.1 Å². The fourth-order valence-electron chi connectivity index (χ4n) is 4.98. The Morgan fingerprint density at radius 2 is 1.81 bits per heavy atom. The first kappa shape index (κ1) is 25.5. The summed E-state index contributed by atoms with van der Waals surface area (Å²) in [5, 5.41) is 9.54. The summed E-state index contributed by atoms with van der Waals surface area (Å²) in [5.74, 6) is 2.81. The van der Waals surface area contributed by atoms with Crippen molar-refractivity contribution in [2.75, 3.05) is 26.6 Å². The maximum Gasteiger partial charge on any atom is 0.227 e. The van der Waals surface area contributed by atoms with E-state index in [0.29, 0.717) is 51.1 Å². The van der Waals surface area contributed by atoms with Crippen LogP contribution >= 0.6 is 23.4 Å². The van der Waals surface area contributed by atoms with Gasteiger partial charge in [-0.15, -0.1) is 5.10 Å². The maximum absolute atomic E-state index is 13.6. The number of fused-ring (bicyclic) bond motifs is 1. The lowest BCUT2D eigenvalue weighted by Crippen LogP contribution is -2.36. The molecule has 1 aliphatic heterocycles. The number of Topliss-reactive ketones (excluding diaryl/α,β-unsaturated/α-hetero) is 1. The predicted octanol–water partition coefficient (Wildman–Crippen LogP) is 5.91. The van der Waals surface area contributed by atoms with Crippen molar-refractivity contribution < 1.29 is 19.0 Å². The van der Waals surface area contributed by atoms with Gasteiger partial charge in [-0.2, -0.15) is 4.98 Å². The number of benzene rings is 2. The van der Waals surface area contributed by atoms with E-state index in [1.807, 2.05) is 36.4 Å². The minimum atomic E-state index is -0.495. The zero-order chi connectivity index (χ0) is 26.3. The monoisotopic (exact) mass is 540 g/mol. The number of thioether (sulfide) groups is 1. The van der Waals surface area contributed by atoms with Crippen LogP contribution in [-0.2, 0) is 10.5 Å². The molecule has 1 N–H and O–H groups in total. The Morgan fingerprint density at radius 3 is 2.46 bits per heavy atom. The van der Waals surface area contributed by atoms with E-state index in [-0.39, 0.29) is 11.2 Å². The fraction of sp³-hybridized carbons (Fsp3) is 0.370. The van der Waals surface area contributed by atoms with Crippen LogP contribution in [0.2, 0.25) is 5.02 Å². The topological polar surface area (TPSA) is 87.5 Å². The van der Waals surface area contributed by atoms with Crippen LogP contribution in [-0.4, -0.2) is 41.9 Å². The number of nitrogens with zero attached hydrogens (tertiary/aromatic N) is 3. The van der Waals surface area contributed by atoms with Gasteiger partial charge in [0.25, 0.3) is 0 Å².